The molecule has 1 aromatic heterocycles. The number of rotatable bonds is 10. The third-order valence-electron chi connectivity index (χ3n) is 4.81. The van der Waals surface area contributed by atoms with Crippen LogP contribution in [0.25, 0.3) is 0 Å². The second-order valence-electron chi connectivity index (χ2n) is 7.11. The topological polar surface area (TPSA) is 90.4 Å². The highest BCUT2D eigenvalue weighted by Crippen LogP contribution is 2.28. The molecule has 1 aliphatic carbocycles. The molecule has 0 atom stereocenters. The Hall–Kier alpha value is -2.13. The van der Waals surface area contributed by atoms with Crippen LogP contribution in [0.15, 0.2) is 22.5 Å². The number of hydrogen-bond donors (Lipinski definition) is 1. The Morgan fingerprint density at radius 3 is 2.77 bits per heavy atom. The van der Waals surface area contributed by atoms with E-state index in [9.17, 15) is 9.59 Å². The normalized spacial score (nSPS) is 14.3. The van der Waals surface area contributed by atoms with Gasteiger partial charge in [-0.25, -0.2) is 0 Å². The first-order chi connectivity index (χ1) is 14.5. The first kappa shape index (κ1) is 22.6. The fourth-order valence-corrected chi connectivity index (χ4v) is 4.90. The summed E-state index contributed by atoms with van der Waals surface area (Å²) >= 11 is 2.78. The van der Waals surface area contributed by atoms with Crippen molar-refractivity contribution in [2.75, 3.05) is 17.7 Å². The van der Waals surface area contributed by atoms with Crippen LogP contribution in [0.5, 0.6) is 5.75 Å². The minimum absolute atomic E-state index is 0.0462. The smallest absolute Gasteiger partial charge is 0.316 e. The summed E-state index contributed by atoms with van der Waals surface area (Å²) in [5, 5.41) is 12.6. The van der Waals surface area contributed by atoms with Gasteiger partial charge in [-0.05, 0) is 44.9 Å². The Kier molecular flexibility index (Phi) is 8.50. The van der Waals surface area contributed by atoms with Crippen LogP contribution in [-0.4, -0.2) is 40.4 Å². The molecular formula is C21H27N3O4S2. The summed E-state index contributed by atoms with van der Waals surface area (Å²) < 4.78 is 11.7. The lowest BCUT2D eigenvalue weighted by molar-refractivity contribution is -0.141. The number of carbonyl (C=O) groups excluding carboxylic acids is 2. The Labute approximate surface area is 184 Å². The number of carbonyl (C=O) groups is 2. The molecule has 0 spiro atoms. The van der Waals surface area contributed by atoms with E-state index >= 15 is 0 Å². The molecule has 0 amide bonds. The number of esters is 1. The van der Waals surface area contributed by atoms with Crippen molar-refractivity contribution in [2.45, 2.75) is 62.9 Å². The summed E-state index contributed by atoms with van der Waals surface area (Å²) in [6.45, 7) is 3.93. The summed E-state index contributed by atoms with van der Waals surface area (Å²) in [5.74, 6) is 0.363. The quantitative estimate of drug-likeness (QED) is 0.317. The molecule has 1 aliphatic rings. The van der Waals surface area contributed by atoms with Crippen molar-refractivity contribution in [1.82, 2.24) is 10.2 Å². The Morgan fingerprint density at radius 1 is 1.23 bits per heavy atom. The van der Waals surface area contributed by atoms with E-state index in [1.165, 1.54) is 62.1 Å². The zero-order valence-electron chi connectivity index (χ0n) is 17.3. The van der Waals surface area contributed by atoms with Gasteiger partial charge in [0, 0.05) is 17.2 Å². The number of Topliss-reactive ketones (excluding diaryl/α,β-unsaturated/α-hetero) is 1. The highest BCUT2D eigenvalue weighted by Gasteiger charge is 2.16. The third kappa shape index (κ3) is 6.70. The van der Waals surface area contributed by atoms with Crippen LogP contribution in [0.1, 0.15) is 61.9 Å². The molecule has 30 heavy (non-hydrogen) atoms. The van der Waals surface area contributed by atoms with Gasteiger partial charge in [0.15, 0.2) is 10.1 Å². The van der Waals surface area contributed by atoms with Crippen molar-refractivity contribution in [3.8, 4) is 5.75 Å². The first-order valence-electron chi connectivity index (χ1n) is 10.2. The van der Waals surface area contributed by atoms with E-state index < -0.39 is 0 Å². The van der Waals surface area contributed by atoms with E-state index in [4.69, 9.17) is 9.47 Å². The van der Waals surface area contributed by atoms with Crippen molar-refractivity contribution >= 4 is 40.0 Å². The molecule has 162 valence electrons. The minimum Gasteiger partial charge on any atom is -0.493 e. The number of nitrogens with one attached hydrogen (secondary N) is 1. The van der Waals surface area contributed by atoms with Crippen LogP contribution in [0.2, 0.25) is 0 Å². The summed E-state index contributed by atoms with van der Waals surface area (Å²) in [7, 11) is 0. The lowest BCUT2D eigenvalue weighted by Crippen LogP contribution is -2.21. The lowest BCUT2D eigenvalue weighted by Gasteiger charge is -2.21. The average molecular weight is 450 g/mol. The van der Waals surface area contributed by atoms with E-state index in [0.717, 1.165) is 9.47 Å². The minimum atomic E-state index is -0.354. The van der Waals surface area contributed by atoms with Gasteiger partial charge in [-0.15, -0.1) is 10.2 Å². The second-order valence-corrected chi connectivity index (χ2v) is 9.31. The fourth-order valence-electron chi connectivity index (χ4n) is 3.28. The molecule has 0 aliphatic heterocycles. The number of nitrogens with zero attached hydrogens (tertiary/aromatic N) is 2. The maximum atomic E-state index is 12.2. The van der Waals surface area contributed by atoms with E-state index in [-0.39, 0.29) is 24.1 Å². The third-order valence-corrected chi connectivity index (χ3v) is 6.77. The van der Waals surface area contributed by atoms with Crippen LogP contribution < -0.4 is 10.1 Å². The van der Waals surface area contributed by atoms with Crippen molar-refractivity contribution in [3.63, 3.8) is 0 Å². The Balaban J connectivity index is 1.48. The number of anilines is 1. The van der Waals surface area contributed by atoms with E-state index in [2.05, 4.69) is 15.5 Å². The van der Waals surface area contributed by atoms with Crippen molar-refractivity contribution in [1.29, 1.82) is 0 Å². The van der Waals surface area contributed by atoms with Crippen molar-refractivity contribution in [2.24, 2.45) is 0 Å². The van der Waals surface area contributed by atoms with Crippen LogP contribution in [0.4, 0.5) is 5.13 Å². The van der Waals surface area contributed by atoms with Crippen molar-refractivity contribution in [3.05, 3.63) is 29.3 Å². The Bertz CT molecular complexity index is 866. The maximum absolute atomic E-state index is 12.2. The predicted molar refractivity (Wildman–Crippen MR) is 119 cm³/mol. The second kappa shape index (κ2) is 11.3. The highest BCUT2D eigenvalue weighted by atomic mass is 32.2. The molecule has 2 aromatic rings. The van der Waals surface area contributed by atoms with Crippen LogP contribution in [0, 0.1) is 0 Å². The van der Waals surface area contributed by atoms with Gasteiger partial charge < -0.3 is 14.8 Å². The molecule has 3 rings (SSSR count). The molecule has 1 aromatic carbocycles. The molecule has 1 fully saturated rings. The summed E-state index contributed by atoms with van der Waals surface area (Å²) in [5.41, 5.74) is 1.24. The molecule has 1 heterocycles. The summed E-state index contributed by atoms with van der Waals surface area (Å²) in [6, 6.07) is 5.63. The number of hydrogen-bond acceptors (Lipinski definition) is 9. The lowest BCUT2D eigenvalue weighted by atomic mass is 9.96. The van der Waals surface area contributed by atoms with Gasteiger partial charge in [0.25, 0.3) is 0 Å². The van der Waals surface area contributed by atoms with Crippen LogP contribution in [-0.2, 0) is 16.1 Å². The van der Waals surface area contributed by atoms with E-state index in [0.29, 0.717) is 29.5 Å². The molecular weight excluding hydrogens is 422 g/mol. The number of thioether (sulfide) groups is 1. The molecule has 0 bridgehead atoms. The standard InChI is InChI=1S/C21H27N3O4S2/c1-3-27-18-10-9-15(14(2)25)11-16(18)12-28-19(26)13-29-21-24-23-20(30-21)22-17-7-5-4-6-8-17/h9-11,17H,3-8,12-13H2,1-2H3,(H,22,23). The largest absolute Gasteiger partial charge is 0.493 e. The number of benzene rings is 1. The summed E-state index contributed by atoms with van der Waals surface area (Å²) in [4.78, 5) is 23.8. The van der Waals surface area contributed by atoms with Gasteiger partial charge in [-0.2, -0.15) is 0 Å². The first-order valence-corrected chi connectivity index (χ1v) is 12.0. The van der Waals surface area contributed by atoms with Gasteiger partial charge in [-0.3, -0.25) is 9.59 Å². The average Bonchev–Trinajstić information content (AvgIpc) is 3.19. The highest BCUT2D eigenvalue weighted by molar-refractivity contribution is 8.01. The number of ketones is 1. The fraction of sp³-hybridized carbons (Fsp3) is 0.524. The molecule has 0 saturated heterocycles. The summed E-state index contributed by atoms with van der Waals surface area (Å²) in [6.07, 6.45) is 6.16. The van der Waals surface area contributed by atoms with Gasteiger partial charge in [0.05, 0.1) is 12.4 Å². The van der Waals surface area contributed by atoms with Gasteiger partial charge in [0.2, 0.25) is 5.13 Å². The number of aromatic nitrogens is 2. The van der Waals surface area contributed by atoms with E-state index in [1.807, 2.05) is 6.92 Å². The van der Waals surface area contributed by atoms with Crippen LogP contribution >= 0.6 is 23.1 Å². The number of ether oxygens (including phenoxy) is 2. The molecule has 1 N–H and O–H groups in total. The van der Waals surface area contributed by atoms with Gasteiger partial charge in [0.1, 0.15) is 12.4 Å². The SMILES string of the molecule is CCOc1ccc(C(C)=O)cc1COC(=O)CSc1nnc(NC2CCCCC2)s1. The van der Waals surface area contributed by atoms with Gasteiger partial charge >= 0.3 is 5.97 Å². The van der Waals surface area contributed by atoms with Crippen molar-refractivity contribution < 1.29 is 19.1 Å². The zero-order valence-corrected chi connectivity index (χ0v) is 18.9. The molecule has 7 nitrogen and oxygen atoms in total. The van der Waals surface area contributed by atoms with Crippen LogP contribution in [0.3, 0.4) is 0 Å². The zero-order chi connectivity index (χ0) is 21.3. The van der Waals surface area contributed by atoms with Gasteiger partial charge in [-0.1, -0.05) is 42.4 Å². The molecule has 1 saturated carbocycles. The molecule has 9 heteroatoms. The molecule has 0 unspecified atom stereocenters. The maximum Gasteiger partial charge on any atom is 0.316 e. The van der Waals surface area contributed by atoms with E-state index in [1.54, 1.807) is 18.2 Å². The monoisotopic (exact) mass is 449 g/mol. The predicted octanol–water partition coefficient (Wildman–Crippen LogP) is 4.72. The molecule has 0 radical (unpaired) electrons. The Morgan fingerprint density at radius 2 is 2.03 bits per heavy atom.